The largest absolute Gasteiger partial charge is 0.346 e. The molecule has 2 rings (SSSR count). The molecule has 0 aliphatic carbocycles. The smallest absolute Gasteiger partial charge is 0.321 e. The average Bonchev–Trinajstić information content (AvgIpc) is 3.01. The van der Waals surface area contributed by atoms with Crippen molar-refractivity contribution in [2.45, 2.75) is 41.2 Å². The first-order valence-electron chi connectivity index (χ1n) is 9.02. The maximum atomic E-state index is 12.1. The third-order valence-electron chi connectivity index (χ3n) is 3.65. The first kappa shape index (κ1) is 20.2. The van der Waals surface area contributed by atoms with E-state index in [-0.39, 0.29) is 6.03 Å². The number of aryl methyl sites for hydroxylation is 1. The van der Waals surface area contributed by atoms with Crippen molar-refractivity contribution < 1.29 is 4.79 Å². The third-order valence-corrected chi connectivity index (χ3v) is 4.55. The third kappa shape index (κ3) is 6.63. The summed E-state index contributed by atoms with van der Waals surface area (Å²) in [4.78, 5) is 14.3. The molecule has 0 aliphatic heterocycles. The van der Waals surface area contributed by atoms with Gasteiger partial charge in [0, 0.05) is 19.6 Å². The number of benzene rings is 1. The molecule has 2 aromatic rings. The van der Waals surface area contributed by atoms with Gasteiger partial charge in [-0.1, -0.05) is 68.9 Å². The first-order chi connectivity index (χ1) is 12.3. The Kier molecular flexibility index (Phi) is 7.38. The molecule has 142 valence electrons. The molecule has 0 atom stereocenters. The van der Waals surface area contributed by atoms with E-state index in [1.54, 1.807) is 0 Å². The van der Waals surface area contributed by atoms with Gasteiger partial charge in [-0.05, 0) is 24.3 Å². The minimum Gasteiger partial charge on any atom is -0.346 e. The van der Waals surface area contributed by atoms with E-state index in [9.17, 15) is 4.79 Å². The summed E-state index contributed by atoms with van der Waals surface area (Å²) < 4.78 is 0. The van der Waals surface area contributed by atoms with E-state index in [1.807, 2.05) is 31.2 Å². The van der Waals surface area contributed by atoms with Crippen LogP contribution in [0.1, 0.15) is 38.8 Å². The number of rotatable bonds is 8. The number of anilines is 2. The second kappa shape index (κ2) is 9.52. The van der Waals surface area contributed by atoms with E-state index in [2.05, 4.69) is 53.4 Å². The highest BCUT2D eigenvalue weighted by molar-refractivity contribution is 7.19. The zero-order valence-electron chi connectivity index (χ0n) is 16.2. The molecule has 0 saturated heterocycles. The Morgan fingerprint density at radius 1 is 1.08 bits per heavy atom. The standard InChI is InChI=1S/C19H29N5OS/c1-13(2)11-24(12-14(3)4)19-23-22-18(26-19)21-17(25)20-10-16-8-6-15(5)7-9-16/h6-9,13-14H,10-12H2,1-5H3,(H2,20,21,22,25). The van der Waals surface area contributed by atoms with Crippen LogP contribution in [0.4, 0.5) is 15.1 Å². The molecule has 2 N–H and O–H groups in total. The van der Waals surface area contributed by atoms with Crippen LogP contribution in [0.3, 0.4) is 0 Å². The lowest BCUT2D eigenvalue weighted by Gasteiger charge is -2.25. The van der Waals surface area contributed by atoms with E-state index in [1.165, 1.54) is 16.9 Å². The normalized spacial score (nSPS) is 11.0. The van der Waals surface area contributed by atoms with Crippen molar-refractivity contribution in [1.82, 2.24) is 15.5 Å². The molecule has 0 saturated carbocycles. The second-order valence-corrected chi connectivity index (χ2v) is 8.33. The zero-order chi connectivity index (χ0) is 19.1. The van der Waals surface area contributed by atoms with Crippen molar-refractivity contribution in [2.75, 3.05) is 23.3 Å². The zero-order valence-corrected chi connectivity index (χ0v) is 17.1. The van der Waals surface area contributed by atoms with Gasteiger partial charge in [0.05, 0.1) is 0 Å². The maximum absolute atomic E-state index is 12.1. The van der Waals surface area contributed by atoms with Crippen molar-refractivity contribution in [1.29, 1.82) is 0 Å². The van der Waals surface area contributed by atoms with Crippen LogP contribution in [0, 0.1) is 18.8 Å². The highest BCUT2D eigenvalue weighted by Gasteiger charge is 2.16. The number of amides is 2. The quantitative estimate of drug-likeness (QED) is 0.722. The molecule has 2 amide bonds. The predicted molar refractivity (Wildman–Crippen MR) is 109 cm³/mol. The van der Waals surface area contributed by atoms with Gasteiger partial charge in [-0.2, -0.15) is 0 Å². The molecule has 0 bridgehead atoms. The van der Waals surface area contributed by atoms with E-state index in [0.29, 0.717) is 23.5 Å². The van der Waals surface area contributed by atoms with E-state index < -0.39 is 0 Å². The number of nitrogens with zero attached hydrogens (tertiary/aromatic N) is 3. The Morgan fingerprint density at radius 2 is 1.69 bits per heavy atom. The molecule has 1 aromatic heterocycles. The van der Waals surface area contributed by atoms with Gasteiger partial charge in [0.15, 0.2) is 0 Å². The molecule has 0 spiro atoms. The fourth-order valence-corrected chi connectivity index (χ4v) is 3.29. The monoisotopic (exact) mass is 375 g/mol. The second-order valence-electron chi connectivity index (χ2n) is 7.38. The summed E-state index contributed by atoms with van der Waals surface area (Å²) in [6, 6.07) is 7.81. The van der Waals surface area contributed by atoms with Crippen LogP contribution in [0.15, 0.2) is 24.3 Å². The van der Waals surface area contributed by atoms with Crippen LogP contribution in [0.2, 0.25) is 0 Å². The molecule has 0 radical (unpaired) electrons. The number of carbonyl (C=O) groups excluding carboxylic acids is 1. The summed E-state index contributed by atoms with van der Waals surface area (Å²) in [6.45, 7) is 13.1. The summed E-state index contributed by atoms with van der Waals surface area (Å²) in [5.74, 6) is 1.07. The molecular formula is C19H29N5OS. The molecule has 0 unspecified atom stereocenters. The Hall–Kier alpha value is -2.15. The van der Waals surface area contributed by atoms with Gasteiger partial charge < -0.3 is 10.2 Å². The fourth-order valence-electron chi connectivity index (χ4n) is 2.54. The van der Waals surface area contributed by atoms with Crippen LogP contribution in [0.5, 0.6) is 0 Å². The summed E-state index contributed by atoms with van der Waals surface area (Å²) in [5, 5.41) is 15.3. The molecule has 1 aromatic carbocycles. The van der Waals surface area contributed by atoms with Crippen LogP contribution >= 0.6 is 11.3 Å². The van der Waals surface area contributed by atoms with Crippen LogP contribution in [-0.2, 0) is 6.54 Å². The van der Waals surface area contributed by atoms with Crippen LogP contribution < -0.4 is 15.5 Å². The van der Waals surface area contributed by atoms with Crippen molar-refractivity contribution in [2.24, 2.45) is 11.8 Å². The Morgan fingerprint density at radius 3 is 2.27 bits per heavy atom. The molecule has 0 aliphatic rings. The lowest BCUT2D eigenvalue weighted by Crippen LogP contribution is -2.31. The number of urea groups is 1. The maximum Gasteiger partial charge on any atom is 0.321 e. The SMILES string of the molecule is Cc1ccc(CNC(=O)Nc2nnc(N(CC(C)C)CC(C)C)s2)cc1. The van der Waals surface area contributed by atoms with Gasteiger partial charge in [-0.3, -0.25) is 5.32 Å². The van der Waals surface area contributed by atoms with Crippen molar-refractivity contribution >= 4 is 27.6 Å². The molecule has 26 heavy (non-hydrogen) atoms. The Labute approximate surface area is 160 Å². The summed E-state index contributed by atoms with van der Waals surface area (Å²) in [5.41, 5.74) is 2.26. The number of hydrogen-bond donors (Lipinski definition) is 2. The Balaban J connectivity index is 1.91. The van der Waals surface area contributed by atoms with Crippen molar-refractivity contribution in [3.05, 3.63) is 35.4 Å². The van der Waals surface area contributed by atoms with Gasteiger partial charge in [0.1, 0.15) is 0 Å². The highest BCUT2D eigenvalue weighted by atomic mass is 32.1. The minimum atomic E-state index is -0.271. The lowest BCUT2D eigenvalue weighted by atomic mass is 10.1. The molecular weight excluding hydrogens is 346 g/mol. The summed E-state index contributed by atoms with van der Waals surface area (Å²) >= 11 is 1.41. The van der Waals surface area contributed by atoms with Crippen LogP contribution in [-0.4, -0.2) is 29.3 Å². The lowest BCUT2D eigenvalue weighted by molar-refractivity contribution is 0.251. The van der Waals surface area contributed by atoms with E-state index in [4.69, 9.17) is 0 Å². The molecule has 0 fully saturated rings. The number of hydrogen-bond acceptors (Lipinski definition) is 5. The van der Waals surface area contributed by atoms with E-state index >= 15 is 0 Å². The van der Waals surface area contributed by atoms with Gasteiger partial charge >= 0.3 is 6.03 Å². The predicted octanol–water partition coefficient (Wildman–Crippen LogP) is 4.29. The molecule has 6 nitrogen and oxygen atoms in total. The first-order valence-corrected chi connectivity index (χ1v) is 9.84. The van der Waals surface area contributed by atoms with Gasteiger partial charge in [-0.25, -0.2) is 4.79 Å². The van der Waals surface area contributed by atoms with Gasteiger partial charge in [-0.15, -0.1) is 10.2 Å². The Bertz CT molecular complexity index is 686. The van der Waals surface area contributed by atoms with Crippen molar-refractivity contribution in [3.8, 4) is 0 Å². The molecule has 1 heterocycles. The summed E-state index contributed by atoms with van der Waals surface area (Å²) in [7, 11) is 0. The molecule has 7 heteroatoms. The minimum absolute atomic E-state index is 0.271. The fraction of sp³-hybridized carbons (Fsp3) is 0.526. The topological polar surface area (TPSA) is 70.1 Å². The van der Waals surface area contributed by atoms with Crippen molar-refractivity contribution in [3.63, 3.8) is 0 Å². The number of nitrogens with one attached hydrogen (secondary N) is 2. The average molecular weight is 376 g/mol. The number of aromatic nitrogens is 2. The number of carbonyl (C=O) groups is 1. The summed E-state index contributed by atoms with van der Waals surface area (Å²) in [6.07, 6.45) is 0. The van der Waals surface area contributed by atoms with Gasteiger partial charge in [0.2, 0.25) is 10.3 Å². The van der Waals surface area contributed by atoms with Gasteiger partial charge in [0.25, 0.3) is 0 Å². The van der Waals surface area contributed by atoms with E-state index in [0.717, 1.165) is 23.8 Å². The van der Waals surface area contributed by atoms with Crippen LogP contribution in [0.25, 0.3) is 0 Å². The highest BCUT2D eigenvalue weighted by Crippen LogP contribution is 2.25.